The minimum Gasteiger partial charge on any atom is -0.494 e. The molecule has 0 fully saturated rings. The van der Waals surface area contributed by atoms with Gasteiger partial charge in [0.05, 0.1) is 23.4 Å². The molecule has 0 atom stereocenters. The Balaban J connectivity index is 2.71. The Morgan fingerprint density at radius 1 is 1.53 bits per heavy atom. The van der Waals surface area contributed by atoms with E-state index in [2.05, 4.69) is 5.10 Å². The lowest BCUT2D eigenvalue weighted by Crippen LogP contribution is -2.00. The zero-order valence-corrected chi connectivity index (χ0v) is 10.9. The lowest BCUT2D eigenvalue weighted by molar-refractivity contribution is 0.0689. The van der Waals surface area contributed by atoms with Crippen LogP contribution in [-0.4, -0.2) is 28.0 Å². The SMILES string of the molecule is COc1c(Cl)ccc(F)c1-c1cc(C(=O)O)nn1C. The molecule has 0 bridgehead atoms. The van der Waals surface area contributed by atoms with Crippen LogP contribution >= 0.6 is 11.6 Å². The number of rotatable bonds is 3. The first-order chi connectivity index (χ1) is 8.95. The summed E-state index contributed by atoms with van der Waals surface area (Å²) >= 11 is 5.94. The molecule has 19 heavy (non-hydrogen) atoms. The number of nitrogens with zero attached hydrogens (tertiary/aromatic N) is 2. The molecular weight excluding hydrogens is 275 g/mol. The highest BCUT2D eigenvalue weighted by molar-refractivity contribution is 6.32. The van der Waals surface area contributed by atoms with Crippen LogP contribution in [0.4, 0.5) is 4.39 Å². The third kappa shape index (κ3) is 2.26. The van der Waals surface area contributed by atoms with Gasteiger partial charge in [-0.2, -0.15) is 5.10 Å². The van der Waals surface area contributed by atoms with Gasteiger partial charge in [-0.15, -0.1) is 0 Å². The van der Waals surface area contributed by atoms with Crippen molar-refractivity contribution in [3.05, 3.63) is 34.7 Å². The largest absolute Gasteiger partial charge is 0.494 e. The molecule has 0 saturated heterocycles. The molecule has 0 unspecified atom stereocenters. The fraction of sp³-hybridized carbons (Fsp3) is 0.167. The molecule has 1 aromatic heterocycles. The average molecular weight is 285 g/mol. The first-order valence-corrected chi connectivity index (χ1v) is 5.63. The molecule has 5 nitrogen and oxygen atoms in total. The summed E-state index contributed by atoms with van der Waals surface area (Å²) in [7, 11) is 2.88. The van der Waals surface area contributed by atoms with E-state index >= 15 is 0 Å². The normalized spacial score (nSPS) is 10.5. The van der Waals surface area contributed by atoms with Crippen molar-refractivity contribution in [2.24, 2.45) is 7.05 Å². The van der Waals surface area contributed by atoms with Gasteiger partial charge in [0.25, 0.3) is 0 Å². The molecule has 2 aromatic rings. The van der Waals surface area contributed by atoms with Gasteiger partial charge >= 0.3 is 5.97 Å². The molecule has 1 heterocycles. The number of carbonyl (C=O) groups is 1. The van der Waals surface area contributed by atoms with Crippen molar-refractivity contribution >= 4 is 17.6 Å². The van der Waals surface area contributed by atoms with Gasteiger partial charge in [0, 0.05) is 7.05 Å². The maximum atomic E-state index is 14.0. The first kappa shape index (κ1) is 13.4. The number of aromatic carboxylic acids is 1. The number of carboxylic acid groups (broad SMARTS) is 1. The van der Waals surface area contributed by atoms with Gasteiger partial charge in [-0.1, -0.05) is 11.6 Å². The van der Waals surface area contributed by atoms with E-state index in [4.69, 9.17) is 21.4 Å². The fourth-order valence-electron chi connectivity index (χ4n) is 1.78. The Kier molecular flexibility index (Phi) is 3.44. The van der Waals surface area contributed by atoms with E-state index in [9.17, 15) is 9.18 Å². The molecule has 1 N–H and O–H groups in total. The topological polar surface area (TPSA) is 64.3 Å². The molecule has 0 aliphatic rings. The van der Waals surface area contributed by atoms with Crippen molar-refractivity contribution in [3.8, 4) is 17.0 Å². The molecule has 2 rings (SSSR count). The highest BCUT2D eigenvalue weighted by atomic mass is 35.5. The highest BCUT2D eigenvalue weighted by Gasteiger charge is 2.21. The Hall–Kier alpha value is -2.08. The van der Waals surface area contributed by atoms with E-state index in [1.165, 1.54) is 37.0 Å². The van der Waals surface area contributed by atoms with E-state index in [0.29, 0.717) is 0 Å². The molecule has 0 spiro atoms. The molecule has 0 radical (unpaired) electrons. The lowest BCUT2D eigenvalue weighted by Gasteiger charge is -2.11. The van der Waals surface area contributed by atoms with Crippen LogP contribution in [0.1, 0.15) is 10.5 Å². The van der Waals surface area contributed by atoms with Gasteiger partial charge in [-0.25, -0.2) is 9.18 Å². The van der Waals surface area contributed by atoms with Crippen LogP contribution in [0, 0.1) is 5.82 Å². The number of hydrogen-bond acceptors (Lipinski definition) is 3. The smallest absolute Gasteiger partial charge is 0.356 e. The van der Waals surface area contributed by atoms with Crippen LogP contribution in [0.2, 0.25) is 5.02 Å². The van der Waals surface area contributed by atoms with E-state index in [1.54, 1.807) is 0 Å². The van der Waals surface area contributed by atoms with Crippen molar-refractivity contribution < 1.29 is 19.0 Å². The predicted molar refractivity (Wildman–Crippen MR) is 67.1 cm³/mol. The number of halogens is 2. The van der Waals surface area contributed by atoms with Gasteiger partial charge in [0.15, 0.2) is 5.69 Å². The number of benzene rings is 1. The number of ether oxygens (including phenoxy) is 1. The van der Waals surface area contributed by atoms with Gasteiger partial charge in [-0.3, -0.25) is 4.68 Å². The Labute approximate surface area is 113 Å². The summed E-state index contributed by atoms with van der Waals surface area (Å²) in [6.07, 6.45) is 0. The van der Waals surface area contributed by atoms with Crippen molar-refractivity contribution in [3.63, 3.8) is 0 Å². The van der Waals surface area contributed by atoms with Crippen LogP contribution in [0.15, 0.2) is 18.2 Å². The average Bonchev–Trinajstić information content (AvgIpc) is 2.74. The number of methoxy groups -OCH3 is 1. The van der Waals surface area contributed by atoms with E-state index in [-0.39, 0.29) is 27.7 Å². The molecule has 0 aliphatic heterocycles. The maximum absolute atomic E-state index is 14.0. The van der Waals surface area contributed by atoms with Gasteiger partial charge in [-0.05, 0) is 18.2 Å². The van der Waals surface area contributed by atoms with E-state index in [1.807, 2.05) is 0 Å². The summed E-state index contributed by atoms with van der Waals surface area (Å²) < 4.78 is 20.3. The summed E-state index contributed by atoms with van der Waals surface area (Å²) in [4.78, 5) is 10.9. The molecule has 100 valence electrons. The second-order valence-corrected chi connectivity index (χ2v) is 4.19. The quantitative estimate of drug-likeness (QED) is 0.941. The number of hydrogen-bond donors (Lipinski definition) is 1. The number of aryl methyl sites for hydroxylation is 1. The minimum atomic E-state index is -1.19. The highest BCUT2D eigenvalue weighted by Crippen LogP contribution is 2.38. The Bertz CT molecular complexity index is 655. The standard InChI is InChI=1S/C12H10ClFN2O3/c1-16-9(5-8(15-16)12(17)18)10-7(14)4-3-6(13)11(10)19-2/h3-5H,1-2H3,(H,17,18). The summed E-state index contributed by atoms with van der Waals surface area (Å²) in [5.74, 6) is -1.62. The maximum Gasteiger partial charge on any atom is 0.356 e. The van der Waals surface area contributed by atoms with Crippen molar-refractivity contribution in [1.29, 1.82) is 0 Å². The Morgan fingerprint density at radius 3 is 2.74 bits per heavy atom. The van der Waals surface area contributed by atoms with E-state index < -0.39 is 11.8 Å². The third-order valence-electron chi connectivity index (χ3n) is 2.62. The zero-order valence-electron chi connectivity index (χ0n) is 10.1. The molecule has 1 aromatic carbocycles. The fourth-order valence-corrected chi connectivity index (χ4v) is 2.01. The molecule has 0 aliphatic carbocycles. The predicted octanol–water partition coefficient (Wildman–Crippen LogP) is 2.59. The van der Waals surface area contributed by atoms with Crippen LogP contribution in [0.25, 0.3) is 11.3 Å². The second-order valence-electron chi connectivity index (χ2n) is 3.78. The Morgan fingerprint density at radius 2 is 2.21 bits per heavy atom. The van der Waals surface area contributed by atoms with Crippen LogP contribution < -0.4 is 4.74 Å². The van der Waals surface area contributed by atoms with Crippen LogP contribution in [-0.2, 0) is 7.05 Å². The van der Waals surface area contributed by atoms with Crippen molar-refractivity contribution in [2.45, 2.75) is 0 Å². The minimum absolute atomic E-state index is 0.0810. The summed E-state index contributed by atoms with van der Waals surface area (Å²) in [6, 6.07) is 3.82. The van der Waals surface area contributed by atoms with E-state index in [0.717, 1.165) is 0 Å². The van der Waals surface area contributed by atoms with Crippen molar-refractivity contribution in [1.82, 2.24) is 9.78 Å². The number of aromatic nitrogens is 2. The summed E-state index contributed by atoms with van der Waals surface area (Å²) in [5, 5.41) is 12.9. The number of carboxylic acids is 1. The van der Waals surface area contributed by atoms with Gasteiger partial charge in [0.1, 0.15) is 11.6 Å². The first-order valence-electron chi connectivity index (χ1n) is 5.25. The zero-order chi connectivity index (χ0) is 14.2. The van der Waals surface area contributed by atoms with Crippen molar-refractivity contribution in [2.75, 3.05) is 7.11 Å². The summed E-state index contributed by atoms with van der Waals surface area (Å²) in [5.41, 5.74) is 0.172. The molecule has 0 saturated carbocycles. The monoisotopic (exact) mass is 284 g/mol. The molecular formula is C12H10ClFN2O3. The molecule has 0 amide bonds. The second kappa shape index (κ2) is 4.89. The van der Waals surface area contributed by atoms with Crippen LogP contribution in [0.5, 0.6) is 5.75 Å². The third-order valence-corrected chi connectivity index (χ3v) is 2.92. The van der Waals surface area contributed by atoms with Gasteiger partial charge < -0.3 is 9.84 Å². The lowest BCUT2D eigenvalue weighted by atomic mass is 10.1. The van der Waals surface area contributed by atoms with Gasteiger partial charge in [0.2, 0.25) is 0 Å². The summed E-state index contributed by atoms with van der Waals surface area (Å²) in [6.45, 7) is 0. The molecule has 7 heteroatoms. The van der Waals surface area contributed by atoms with Crippen LogP contribution in [0.3, 0.4) is 0 Å².